The maximum Gasteiger partial charge on any atom is 0.0587 e. The van der Waals surface area contributed by atoms with Gasteiger partial charge in [-0.2, -0.15) is 0 Å². The van der Waals surface area contributed by atoms with Crippen molar-refractivity contribution in [3.63, 3.8) is 0 Å². The number of benzene rings is 1. The maximum absolute atomic E-state index is 5.06. The van der Waals surface area contributed by atoms with Crippen molar-refractivity contribution in [3.8, 4) is 0 Å². The minimum atomic E-state index is 0.757. The molecule has 108 valence electrons. The van der Waals surface area contributed by atoms with Crippen LogP contribution >= 0.6 is 0 Å². The molecule has 0 saturated heterocycles. The first-order valence-electron chi connectivity index (χ1n) is 7.19. The molecule has 0 fully saturated rings. The molecule has 1 aromatic rings. The Morgan fingerprint density at radius 1 is 1.32 bits per heavy atom. The molecule has 0 aliphatic carbocycles. The van der Waals surface area contributed by atoms with Crippen LogP contribution in [0.1, 0.15) is 30.9 Å². The van der Waals surface area contributed by atoms with Crippen molar-refractivity contribution in [2.45, 2.75) is 33.2 Å². The molecule has 0 unspecified atom stereocenters. The smallest absolute Gasteiger partial charge is 0.0587 e. The number of aryl methyl sites for hydroxylation is 1. The molecule has 0 amide bonds. The topological polar surface area (TPSA) is 24.5 Å². The fourth-order valence-corrected chi connectivity index (χ4v) is 2.14. The van der Waals surface area contributed by atoms with Gasteiger partial charge in [-0.25, -0.2) is 0 Å². The Balaban J connectivity index is 2.67. The molecule has 0 bridgehead atoms. The molecule has 0 spiro atoms. The van der Waals surface area contributed by atoms with Gasteiger partial charge in [-0.1, -0.05) is 31.0 Å². The summed E-state index contributed by atoms with van der Waals surface area (Å²) in [6.07, 6.45) is 2.47. The van der Waals surface area contributed by atoms with Crippen LogP contribution in [0.15, 0.2) is 18.2 Å². The number of hydrogen-bond acceptors (Lipinski definition) is 3. The largest absolute Gasteiger partial charge is 0.383 e. The zero-order valence-corrected chi connectivity index (χ0v) is 12.8. The molecule has 1 rings (SSSR count). The SMILES string of the molecule is CCCCN(C)c1ccc(C)cc1CNCCOC. The number of nitrogens with one attached hydrogen (secondary N) is 1. The predicted molar refractivity (Wildman–Crippen MR) is 82.9 cm³/mol. The van der Waals surface area contributed by atoms with E-state index in [9.17, 15) is 0 Å². The van der Waals surface area contributed by atoms with E-state index in [1.54, 1.807) is 7.11 Å². The van der Waals surface area contributed by atoms with Crippen molar-refractivity contribution in [3.05, 3.63) is 29.3 Å². The standard InChI is InChI=1S/C16H28N2O/c1-5-6-10-18(3)16-8-7-14(2)12-15(16)13-17-9-11-19-4/h7-8,12,17H,5-6,9-11,13H2,1-4H3. The molecule has 3 nitrogen and oxygen atoms in total. The van der Waals surface area contributed by atoms with Crippen LogP contribution in [-0.2, 0) is 11.3 Å². The zero-order valence-electron chi connectivity index (χ0n) is 12.8. The summed E-state index contributed by atoms with van der Waals surface area (Å²) in [5, 5.41) is 3.43. The van der Waals surface area contributed by atoms with Gasteiger partial charge in [-0.05, 0) is 25.0 Å². The van der Waals surface area contributed by atoms with Crippen LogP contribution < -0.4 is 10.2 Å². The van der Waals surface area contributed by atoms with Crippen LogP contribution in [0.4, 0.5) is 5.69 Å². The van der Waals surface area contributed by atoms with Crippen LogP contribution in [-0.4, -0.2) is 33.9 Å². The number of hydrogen-bond donors (Lipinski definition) is 1. The lowest BCUT2D eigenvalue weighted by atomic mass is 10.1. The summed E-state index contributed by atoms with van der Waals surface area (Å²) < 4.78 is 5.06. The third-order valence-corrected chi connectivity index (χ3v) is 3.29. The van der Waals surface area contributed by atoms with Gasteiger partial charge in [-0.15, -0.1) is 0 Å². The van der Waals surface area contributed by atoms with Gasteiger partial charge in [0.2, 0.25) is 0 Å². The normalized spacial score (nSPS) is 10.7. The second-order valence-electron chi connectivity index (χ2n) is 5.08. The number of nitrogens with zero attached hydrogens (tertiary/aromatic N) is 1. The quantitative estimate of drug-likeness (QED) is 0.694. The molecule has 19 heavy (non-hydrogen) atoms. The molecule has 0 aromatic heterocycles. The lowest BCUT2D eigenvalue weighted by Crippen LogP contribution is -2.23. The third kappa shape index (κ3) is 5.62. The predicted octanol–water partition coefficient (Wildman–Crippen LogP) is 2.97. The van der Waals surface area contributed by atoms with Crippen molar-refractivity contribution in [1.29, 1.82) is 0 Å². The summed E-state index contributed by atoms with van der Waals surface area (Å²) in [6.45, 7) is 8.04. The van der Waals surface area contributed by atoms with E-state index in [0.717, 1.165) is 26.2 Å². The van der Waals surface area contributed by atoms with Crippen LogP contribution in [0.25, 0.3) is 0 Å². The van der Waals surface area contributed by atoms with E-state index >= 15 is 0 Å². The van der Waals surface area contributed by atoms with Gasteiger partial charge in [0.15, 0.2) is 0 Å². The number of anilines is 1. The average molecular weight is 264 g/mol. The highest BCUT2D eigenvalue weighted by Crippen LogP contribution is 2.21. The van der Waals surface area contributed by atoms with E-state index < -0.39 is 0 Å². The summed E-state index contributed by atoms with van der Waals surface area (Å²) in [5.74, 6) is 0. The summed E-state index contributed by atoms with van der Waals surface area (Å²) in [5.41, 5.74) is 4.02. The molecule has 0 radical (unpaired) electrons. The van der Waals surface area contributed by atoms with Crippen molar-refractivity contribution in [2.75, 3.05) is 38.8 Å². The average Bonchev–Trinajstić information content (AvgIpc) is 2.41. The van der Waals surface area contributed by atoms with Crippen molar-refractivity contribution in [1.82, 2.24) is 5.32 Å². The summed E-state index contributed by atoms with van der Waals surface area (Å²) >= 11 is 0. The minimum absolute atomic E-state index is 0.757. The molecular weight excluding hydrogens is 236 g/mol. The zero-order chi connectivity index (χ0) is 14.1. The molecule has 1 aromatic carbocycles. The van der Waals surface area contributed by atoms with Crippen molar-refractivity contribution in [2.24, 2.45) is 0 Å². The van der Waals surface area contributed by atoms with E-state index in [0.29, 0.717) is 0 Å². The van der Waals surface area contributed by atoms with Gasteiger partial charge in [0.1, 0.15) is 0 Å². The first-order valence-corrected chi connectivity index (χ1v) is 7.19. The summed E-state index contributed by atoms with van der Waals surface area (Å²) in [4.78, 5) is 2.36. The van der Waals surface area contributed by atoms with Crippen molar-refractivity contribution < 1.29 is 4.74 Å². The first-order chi connectivity index (χ1) is 9.19. The molecule has 0 aliphatic rings. The van der Waals surface area contributed by atoms with Crippen LogP contribution in [0.2, 0.25) is 0 Å². The Hall–Kier alpha value is -1.06. The molecular formula is C16H28N2O. The maximum atomic E-state index is 5.06. The van der Waals surface area contributed by atoms with E-state index in [1.165, 1.54) is 29.7 Å². The Morgan fingerprint density at radius 2 is 2.11 bits per heavy atom. The number of unbranched alkanes of at least 4 members (excludes halogenated alkanes) is 1. The second-order valence-corrected chi connectivity index (χ2v) is 5.08. The van der Waals surface area contributed by atoms with E-state index in [2.05, 4.69) is 49.3 Å². The Labute approximate surface area is 118 Å². The molecule has 0 heterocycles. The highest BCUT2D eigenvalue weighted by atomic mass is 16.5. The monoisotopic (exact) mass is 264 g/mol. The first kappa shape index (κ1) is 16.0. The van der Waals surface area contributed by atoms with Crippen LogP contribution in [0.3, 0.4) is 0 Å². The summed E-state index contributed by atoms with van der Waals surface area (Å²) in [6, 6.07) is 6.70. The Kier molecular flexibility index (Phi) is 7.53. The molecule has 1 N–H and O–H groups in total. The molecule has 0 atom stereocenters. The van der Waals surface area contributed by atoms with Gasteiger partial charge < -0.3 is 15.0 Å². The van der Waals surface area contributed by atoms with E-state index in [4.69, 9.17) is 4.74 Å². The fraction of sp³-hybridized carbons (Fsp3) is 0.625. The Morgan fingerprint density at radius 3 is 2.79 bits per heavy atom. The lowest BCUT2D eigenvalue weighted by molar-refractivity contribution is 0.199. The fourth-order valence-electron chi connectivity index (χ4n) is 2.14. The molecule has 0 aliphatic heterocycles. The lowest BCUT2D eigenvalue weighted by Gasteiger charge is -2.23. The van der Waals surface area contributed by atoms with Gasteiger partial charge in [0, 0.05) is 39.5 Å². The van der Waals surface area contributed by atoms with Crippen molar-refractivity contribution >= 4 is 5.69 Å². The van der Waals surface area contributed by atoms with Gasteiger partial charge in [0.25, 0.3) is 0 Å². The highest BCUT2D eigenvalue weighted by molar-refractivity contribution is 5.54. The number of ether oxygens (including phenoxy) is 1. The Bertz CT molecular complexity index is 366. The molecule has 3 heteroatoms. The van der Waals surface area contributed by atoms with E-state index in [1.807, 2.05) is 0 Å². The van der Waals surface area contributed by atoms with Gasteiger partial charge in [-0.3, -0.25) is 0 Å². The number of methoxy groups -OCH3 is 1. The second kappa shape index (κ2) is 8.94. The van der Waals surface area contributed by atoms with Crippen LogP contribution in [0.5, 0.6) is 0 Å². The van der Waals surface area contributed by atoms with E-state index in [-0.39, 0.29) is 0 Å². The van der Waals surface area contributed by atoms with Gasteiger partial charge in [0.05, 0.1) is 6.61 Å². The summed E-state index contributed by atoms with van der Waals surface area (Å²) in [7, 11) is 3.91. The van der Waals surface area contributed by atoms with Crippen LogP contribution in [0, 0.1) is 6.92 Å². The highest BCUT2D eigenvalue weighted by Gasteiger charge is 2.07. The molecule has 0 saturated carbocycles. The third-order valence-electron chi connectivity index (χ3n) is 3.29. The number of rotatable bonds is 9. The van der Waals surface area contributed by atoms with Gasteiger partial charge >= 0.3 is 0 Å². The minimum Gasteiger partial charge on any atom is -0.383 e.